The zero-order valence-corrected chi connectivity index (χ0v) is 19.4. The van der Waals surface area contributed by atoms with Crippen molar-refractivity contribution in [3.63, 3.8) is 0 Å². The fourth-order valence-electron chi connectivity index (χ4n) is 2.46. The van der Waals surface area contributed by atoms with Crippen LogP contribution in [0.1, 0.15) is 30.9 Å². The van der Waals surface area contributed by atoms with E-state index in [0.29, 0.717) is 10.3 Å². The van der Waals surface area contributed by atoms with Crippen molar-refractivity contribution in [3.8, 4) is 0 Å². The zero-order chi connectivity index (χ0) is 22.2. The highest BCUT2D eigenvalue weighted by atomic mass is 32.2. The van der Waals surface area contributed by atoms with Gasteiger partial charge in [0.05, 0.1) is 11.4 Å². The van der Waals surface area contributed by atoms with Gasteiger partial charge in [-0.15, -0.1) is 10.2 Å². The lowest BCUT2D eigenvalue weighted by atomic mass is 10.0. The predicted octanol–water partition coefficient (Wildman–Crippen LogP) is 5.53. The number of nitrogens with zero attached hydrogens (tertiary/aromatic N) is 2. The van der Waals surface area contributed by atoms with E-state index in [1.807, 2.05) is 0 Å². The molecule has 0 atom stereocenters. The number of rotatable bonds is 8. The summed E-state index contributed by atoms with van der Waals surface area (Å²) in [5.74, 6) is 0.213. The van der Waals surface area contributed by atoms with E-state index in [9.17, 15) is 14.0 Å². The lowest BCUT2D eigenvalue weighted by Crippen LogP contribution is -2.35. The van der Waals surface area contributed by atoms with E-state index >= 15 is 0 Å². The van der Waals surface area contributed by atoms with Gasteiger partial charge in [0.2, 0.25) is 5.91 Å². The van der Waals surface area contributed by atoms with Crippen LogP contribution in [0, 0.1) is 5.82 Å². The van der Waals surface area contributed by atoms with Gasteiger partial charge in [0.25, 0.3) is 0 Å². The minimum Gasteiger partial charge on any atom is -0.305 e. The summed E-state index contributed by atoms with van der Waals surface area (Å²) < 4.78 is 15.0. The Morgan fingerprint density at radius 1 is 1.03 bits per heavy atom. The minimum absolute atomic E-state index is 0.000651. The van der Waals surface area contributed by atoms with Gasteiger partial charge in [-0.05, 0) is 29.2 Å². The van der Waals surface area contributed by atoms with Crippen molar-refractivity contribution in [2.75, 3.05) is 11.1 Å². The van der Waals surface area contributed by atoms with E-state index in [1.54, 1.807) is 17.8 Å². The Bertz CT molecular complexity index is 1040. The first-order chi connectivity index (χ1) is 14.9. The second-order valence-electron chi connectivity index (χ2n) is 6.79. The summed E-state index contributed by atoms with van der Waals surface area (Å²) >= 11 is 4.18. The normalized spacial score (nSPS) is 10.8. The average Bonchev–Trinajstić information content (AvgIpc) is 3.20. The molecule has 6 nitrogen and oxygen atoms in total. The molecule has 0 radical (unpaired) electrons. The van der Waals surface area contributed by atoms with E-state index in [0.717, 1.165) is 10.1 Å². The Hall–Kier alpha value is -2.43. The molecule has 1 aromatic heterocycles. The molecule has 0 saturated carbocycles. The molecule has 0 aliphatic carbocycles. The van der Waals surface area contributed by atoms with Gasteiger partial charge in [0, 0.05) is 5.75 Å². The molecule has 0 fully saturated rings. The molecule has 3 aromatic rings. The SMILES string of the molecule is CC(C)c1ccc(CSc2nnc(SCC(=O)NC(=O)Nc3ccccc3F)s2)cc1. The highest BCUT2D eigenvalue weighted by Crippen LogP contribution is 2.31. The molecule has 0 bridgehead atoms. The quantitative estimate of drug-likeness (QED) is 0.416. The van der Waals surface area contributed by atoms with Crippen LogP contribution in [0.15, 0.2) is 57.2 Å². The Kier molecular flexibility index (Phi) is 8.44. The molecule has 0 aliphatic heterocycles. The maximum atomic E-state index is 13.5. The Morgan fingerprint density at radius 2 is 1.71 bits per heavy atom. The molecule has 3 amide bonds. The van der Waals surface area contributed by atoms with Crippen molar-refractivity contribution in [1.82, 2.24) is 15.5 Å². The number of carbonyl (C=O) groups is 2. The summed E-state index contributed by atoms with van der Waals surface area (Å²) in [5, 5.41) is 12.7. The number of para-hydroxylation sites is 1. The number of aromatic nitrogens is 2. The van der Waals surface area contributed by atoms with Gasteiger partial charge in [0.15, 0.2) is 8.68 Å². The lowest BCUT2D eigenvalue weighted by Gasteiger charge is -2.06. The number of benzene rings is 2. The highest BCUT2D eigenvalue weighted by molar-refractivity contribution is 8.03. The van der Waals surface area contributed by atoms with Crippen LogP contribution in [0.5, 0.6) is 0 Å². The van der Waals surface area contributed by atoms with Crippen LogP contribution in [-0.4, -0.2) is 27.9 Å². The third-order valence-electron chi connectivity index (χ3n) is 4.10. The van der Waals surface area contributed by atoms with Crippen LogP contribution in [0.3, 0.4) is 0 Å². The van der Waals surface area contributed by atoms with Crippen LogP contribution in [-0.2, 0) is 10.5 Å². The smallest absolute Gasteiger partial charge is 0.305 e. The molecule has 31 heavy (non-hydrogen) atoms. The molecule has 10 heteroatoms. The third kappa shape index (κ3) is 7.34. The van der Waals surface area contributed by atoms with Crippen molar-refractivity contribution in [2.24, 2.45) is 0 Å². The molecule has 2 aromatic carbocycles. The van der Waals surface area contributed by atoms with Gasteiger partial charge in [-0.2, -0.15) is 0 Å². The van der Waals surface area contributed by atoms with Gasteiger partial charge >= 0.3 is 6.03 Å². The lowest BCUT2D eigenvalue weighted by molar-refractivity contribution is -0.117. The monoisotopic (exact) mass is 476 g/mol. The number of hydrogen-bond acceptors (Lipinski definition) is 7. The molecule has 1 heterocycles. The number of imide groups is 1. The van der Waals surface area contributed by atoms with E-state index in [4.69, 9.17) is 0 Å². The Morgan fingerprint density at radius 3 is 2.39 bits per heavy atom. The van der Waals surface area contributed by atoms with Crippen LogP contribution < -0.4 is 10.6 Å². The van der Waals surface area contributed by atoms with Gasteiger partial charge < -0.3 is 5.32 Å². The summed E-state index contributed by atoms with van der Waals surface area (Å²) in [6.07, 6.45) is 0. The Labute approximate surface area is 192 Å². The summed E-state index contributed by atoms with van der Waals surface area (Å²) in [5.41, 5.74) is 2.52. The number of urea groups is 1. The second-order valence-corrected chi connectivity index (χ2v) is 10.2. The number of carbonyl (C=O) groups excluding carboxylic acids is 2. The van der Waals surface area contributed by atoms with Gasteiger partial charge in [-0.3, -0.25) is 10.1 Å². The average molecular weight is 477 g/mol. The van der Waals surface area contributed by atoms with Crippen LogP contribution in [0.2, 0.25) is 0 Å². The maximum Gasteiger partial charge on any atom is 0.325 e. The van der Waals surface area contributed by atoms with E-state index in [2.05, 4.69) is 58.9 Å². The number of thioether (sulfide) groups is 2. The van der Waals surface area contributed by atoms with Crippen molar-refractivity contribution in [2.45, 2.75) is 34.2 Å². The van der Waals surface area contributed by atoms with Gasteiger partial charge in [-0.25, -0.2) is 9.18 Å². The summed E-state index contributed by atoms with van der Waals surface area (Å²) in [6.45, 7) is 4.33. The molecule has 2 N–H and O–H groups in total. The van der Waals surface area contributed by atoms with Crippen LogP contribution >= 0.6 is 34.9 Å². The third-order valence-corrected chi connectivity index (χ3v) is 7.36. The number of anilines is 1. The minimum atomic E-state index is -0.785. The summed E-state index contributed by atoms with van der Waals surface area (Å²) in [6, 6.07) is 13.5. The summed E-state index contributed by atoms with van der Waals surface area (Å²) in [4.78, 5) is 23.8. The van der Waals surface area contributed by atoms with Crippen molar-refractivity contribution >= 4 is 52.5 Å². The second kappa shape index (κ2) is 11.3. The standard InChI is InChI=1S/C21H21FN4O2S3/c1-13(2)15-9-7-14(8-10-15)11-29-20-25-26-21(31-20)30-12-18(27)24-19(28)23-17-6-4-3-5-16(17)22/h3-10,13H,11-12H2,1-2H3,(H2,23,24,27,28). The molecule has 162 valence electrons. The first-order valence-corrected chi connectivity index (χ1v) is 12.2. The molecule has 0 aliphatic rings. The topological polar surface area (TPSA) is 84.0 Å². The van der Waals surface area contributed by atoms with Gasteiger partial charge in [-0.1, -0.05) is 85.1 Å². The number of nitrogens with one attached hydrogen (secondary N) is 2. The molecule has 0 unspecified atom stereocenters. The predicted molar refractivity (Wildman–Crippen MR) is 124 cm³/mol. The fourth-order valence-corrected chi connectivity index (χ4v) is 5.24. The van der Waals surface area contributed by atoms with E-state index in [-0.39, 0.29) is 11.4 Å². The molecule has 3 rings (SSSR count). The first kappa shape index (κ1) is 23.2. The van der Waals surface area contributed by atoms with E-state index in [1.165, 1.54) is 52.4 Å². The Balaban J connectivity index is 1.41. The molecule has 0 saturated heterocycles. The van der Waals surface area contributed by atoms with Crippen molar-refractivity contribution in [1.29, 1.82) is 0 Å². The zero-order valence-electron chi connectivity index (χ0n) is 16.9. The maximum absolute atomic E-state index is 13.5. The fraction of sp³-hybridized carbons (Fsp3) is 0.238. The summed E-state index contributed by atoms with van der Waals surface area (Å²) in [7, 11) is 0. The van der Waals surface area contributed by atoms with Gasteiger partial charge in [0.1, 0.15) is 5.82 Å². The first-order valence-electron chi connectivity index (χ1n) is 9.44. The van der Waals surface area contributed by atoms with Crippen LogP contribution in [0.25, 0.3) is 0 Å². The van der Waals surface area contributed by atoms with Crippen LogP contribution in [0.4, 0.5) is 14.9 Å². The highest BCUT2D eigenvalue weighted by Gasteiger charge is 2.13. The molecule has 0 spiro atoms. The largest absolute Gasteiger partial charge is 0.325 e. The number of halogens is 1. The van der Waals surface area contributed by atoms with E-state index < -0.39 is 17.8 Å². The van der Waals surface area contributed by atoms with Crippen molar-refractivity contribution < 1.29 is 14.0 Å². The number of hydrogen-bond donors (Lipinski definition) is 2. The van der Waals surface area contributed by atoms with Crippen molar-refractivity contribution in [3.05, 3.63) is 65.5 Å². The molecular formula is C21H21FN4O2S3. The molecular weight excluding hydrogens is 455 g/mol. The number of amides is 3.